The Balaban J connectivity index is 0.000000192. The zero-order valence-corrected chi connectivity index (χ0v) is 33.9. The van der Waals surface area contributed by atoms with E-state index in [1.807, 2.05) is 43.3 Å². The summed E-state index contributed by atoms with van der Waals surface area (Å²) in [7, 11) is 0. The molecule has 0 aliphatic carbocycles. The van der Waals surface area contributed by atoms with Crippen molar-refractivity contribution in [2.24, 2.45) is 5.41 Å². The number of benzene rings is 3. The van der Waals surface area contributed by atoms with Crippen molar-refractivity contribution in [1.29, 1.82) is 0 Å². The number of imidazole rings is 1. The Bertz CT molecular complexity index is 2190. The first-order chi connectivity index (χ1) is 22.3. The van der Waals surface area contributed by atoms with E-state index in [2.05, 4.69) is 122 Å². The van der Waals surface area contributed by atoms with Gasteiger partial charge in [0.2, 0.25) is 0 Å². The third-order valence-electron chi connectivity index (χ3n) is 8.29. The molecule has 7 aromatic rings. The van der Waals surface area contributed by atoms with Crippen LogP contribution in [0, 0.1) is 24.5 Å². The average Bonchev–Trinajstić information content (AvgIpc) is 3.57. The van der Waals surface area contributed by atoms with E-state index in [9.17, 15) is 0 Å². The quantitative estimate of drug-likeness (QED) is 0.128. The fourth-order valence-electron chi connectivity index (χ4n) is 6.01. The van der Waals surface area contributed by atoms with Crippen LogP contribution in [-0.2, 0) is 26.7 Å². The molecule has 0 unspecified atom stereocenters. The first kappa shape index (κ1) is 35.7. The van der Waals surface area contributed by atoms with Crippen LogP contribution in [0.1, 0.15) is 51.8 Å². The molecule has 0 aliphatic rings. The minimum absolute atomic E-state index is 0. The fraction of sp³-hybridized carbons (Fsp3) is 0.293. The van der Waals surface area contributed by atoms with Crippen LogP contribution in [0.3, 0.4) is 0 Å². The van der Waals surface area contributed by atoms with E-state index < -0.39 is 13.3 Å². The molecular formula is C41H44GeIrN4O-2. The van der Waals surface area contributed by atoms with Gasteiger partial charge in [-0.2, -0.15) is 0 Å². The van der Waals surface area contributed by atoms with Gasteiger partial charge in [-0.1, -0.05) is 32.9 Å². The molecule has 0 saturated carbocycles. The SMILES string of the molecule is CC(C)(C)Cn1c(-c2[c-]cccc2)nc2ccccc21.Cc1ccc2c(n1)oc1c[c-]c(-c3cc(C(C)C)[c]([Ge]([CH3])([CH3])[CH3])cn3)cc12.[Ir]. The average molecular weight is 874 g/mol. The number of aryl methyl sites for hydroxylation is 1. The maximum absolute atomic E-state index is 5.89. The van der Waals surface area contributed by atoms with E-state index in [-0.39, 0.29) is 25.5 Å². The number of rotatable bonds is 5. The van der Waals surface area contributed by atoms with Crippen LogP contribution in [0.25, 0.3) is 55.7 Å². The third-order valence-corrected chi connectivity index (χ3v) is 12.6. The van der Waals surface area contributed by atoms with E-state index in [0.717, 1.165) is 56.8 Å². The molecule has 1 radical (unpaired) electrons. The van der Waals surface area contributed by atoms with Crippen LogP contribution in [-0.4, -0.2) is 32.8 Å². The Morgan fingerprint density at radius 1 is 0.875 bits per heavy atom. The number of hydrogen-bond donors (Lipinski definition) is 0. The molecule has 0 saturated heterocycles. The Labute approximate surface area is 300 Å². The number of para-hydroxylation sites is 2. The number of hydrogen-bond acceptors (Lipinski definition) is 4. The summed E-state index contributed by atoms with van der Waals surface area (Å²) in [6.07, 6.45) is 2.11. The number of aromatic nitrogens is 4. The van der Waals surface area contributed by atoms with E-state index in [0.29, 0.717) is 11.6 Å². The predicted molar refractivity (Wildman–Crippen MR) is 199 cm³/mol. The van der Waals surface area contributed by atoms with Gasteiger partial charge in [-0.3, -0.25) is 4.98 Å². The van der Waals surface area contributed by atoms with Crippen molar-refractivity contribution < 1.29 is 24.5 Å². The first-order valence-corrected chi connectivity index (χ1v) is 23.8. The van der Waals surface area contributed by atoms with Gasteiger partial charge in [-0.15, -0.1) is 35.9 Å². The standard InChI is InChI=1S/C23H25GeN2O.C18H19N2.Ir/c1-14(2)18-12-21(25-13-20(18)24(4,5)6)16-8-10-22-19(11-16)17-9-7-15(3)26-23(17)27-22;1-18(2,3)13-20-16-12-8-7-11-15(16)19-17(20)14-9-5-4-6-10-14;/h7,9-14H,1-6H3;4-9,11-12H,13H2,1-3H3;/q2*-1;. The van der Waals surface area contributed by atoms with Crippen LogP contribution >= 0.6 is 0 Å². The second-order valence-electron chi connectivity index (χ2n) is 14.9. The molecule has 7 rings (SSSR count). The number of furan rings is 1. The molecule has 48 heavy (non-hydrogen) atoms. The van der Waals surface area contributed by atoms with Crippen LogP contribution in [0.15, 0.2) is 89.5 Å². The molecule has 4 aromatic heterocycles. The molecule has 5 nitrogen and oxygen atoms in total. The van der Waals surface area contributed by atoms with Gasteiger partial charge in [0.15, 0.2) is 0 Å². The van der Waals surface area contributed by atoms with Crippen molar-refractivity contribution in [3.8, 4) is 22.6 Å². The zero-order valence-electron chi connectivity index (χ0n) is 29.4. The third kappa shape index (κ3) is 7.67. The largest absolute Gasteiger partial charge is 0 e. The monoisotopic (exact) mass is 875 g/mol. The summed E-state index contributed by atoms with van der Waals surface area (Å²) in [5, 5.41) is 2.10. The molecule has 249 valence electrons. The molecule has 0 bridgehead atoms. The maximum atomic E-state index is 5.89. The Morgan fingerprint density at radius 2 is 1.62 bits per heavy atom. The molecule has 0 fully saturated rings. The van der Waals surface area contributed by atoms with Crippen molar-refractivity contribution >= 4 is 50.8 Å². The second kappa shape index (κ2) is 14.1. The normalized spacial score (nSPS) is 12.0. The van der Waals surface area contributed by atoms with Gasteiger partial charge in [0.25, 0.3) is 0 Å². The molecule has 0 spiro atoms. The number of nitrogens with zero attached hydrogens (tertiary/aromatic N) is 4. The van der Waals surface area contributed by atoms with E-state index in [1.165, 1.54) is 15.5 Å². The summed E-state index contributed by atoms with van der Waals surface area (Å²) >= 11 is -1.96. The summed E-state index contributed by atoms with van der Waals surface area (Å²) in [5.74, 6) is 8.76. The molecule has 0 N–H and O–H groups in total. The summed E-state index contributed by atoms with van der Waals surface area (Å²) in [6, 6.07) is 33.4. The minimum Gasteiger partial charge on any atom is 0 e. The predicted octanol–water partition coefficient (Wildman–Crippen LogP) is 10.4. The van der Waals surface area contributed by atoms with Gasteiger partial charge < -0.3 is 4.57 Å². The molecule has 3 aromatic carbocycles. The van der Waals surface area contributed by atoms with Crippen molar-refractivity contribution in [2.45, 2.75) is 71.3 Å². The summed E-state index contributed by atoms with van der Waals surface area (Å²) in [4.78, 5) is 14.1. The van der Waals surface area contributed by atoms with Crippen molar-refractivity contribution in [3.05, 3.63) is 108 Å². The second-order valence-corrected chi connectivity index (χ2v) is 25.5. The Kier molecular flexibility index (Phi) is 10.5. The van der Waals surface area contributed by atoms with Gasteiger partial charge in [0, 0.05) is 26.7 Å². The van der Waals surface area contributed by atoms with Gasteiger partial charge in [0.1, 0.15) is 0 Å². The van der Waals surface area contributed by atoms with Gasteiger partial charge in [-0.25, -0.2) is 0 Å². The summed E-state index contributed by atoms with van der Waals surface area (Å²) in [6.45, 7) is 14.2. The van der Waals surface area contributed by atoms with Crippen LogP contribution in [0.5, 0.6) is 0 Å². The molecule has 4 heterocycles. The van der Waals surface area contributed by atoms with Gasteiger partial charge in [0.05, 0.1) is 16.9 Å². The first-order valence-electron chi connectivity index (χ1n) is 16.4. The van der Waals surface area contributed by atoms with E-state index in [4.69, 9.17) is 14.4 Å². The molecule has 0 atom stereocenters. The molecule has 7 heteroatoms. The fourth-order valence-corrected chi connectivity index (χ4v) is 9.53. The van der Waals surface area contributed by atoms with Crippen LogP contribution in [0.2, 0.25) is 17.3 Å². The Morgan fingerprint density at radius 3 is 2.31 bits per heavy atom. The van der Waals surface area contributed by atoms with Crippen molar-refractivity contribution in [1.82, 2.24) is 19.5 Å². The topological polar surface area (TPSA) is 56.7 Å². The molecule has 0 aliphatic heterocycles. The van der Waals surface area contributed by atoms with Crippen molar-refractivity contribution in [3.63, 3.8) is 0 Å². The number of fused-ring (bicyclic) bond motifs is 4. The zero-order chi connectivity index (χ0) is 33.5. The minimum atomic E-state index is -1.96. The smallest absolute Gasteiger partial charge is 0 e. The van der Waals surface area contributed by atoms with E-state index >= 15 is 0 Å². The summed E-state index contributed by atoms with van der Waals surface area (Å²) < 4.78 is 9.69. The maximum Gasteiger partial charge on any atom is 0 e. The van der Waals surface area contributed by atoms with Crippen LogP contribution < -0.4 is 4.40 Å². The Hall–Kier alpha value is -3.58. The van der Waals surface area contributed by atoms with Crippen LogP contribution in [0.4, 0.5) is 0 Å². The van der Waals surface area contributed by atoms with Gasteiger partial charge >= 0.3 is 163 Å². The van der Waals surface area contributed by atoms with E-state index in [1.54, 1.807) is 0 Å². The molecular weight excluding hydrogens is 829 g/mol. The van der Waals surface area contributed by atoms with Gasteiger partial charge in [-0.05, 0) is 17.5 Å². The van der Waals surface area contributed by atoms with Crippen molar-refractivity contribution in [2.75, 3.05) is 0 Å². The molecule has 0 amide bonds. The summed E-state index contributed by atoms with van der Waals surface area (Å²) in [5.41, 5.74) is 9.35. The number of pyridine rings is 2.